The summed E-state index contributed by atoms with van der Waals surface area (Å²) in [4.78, 5) is 10.4. The maximum atomic E-state index is 12.4. The third-order valence-corrected chi connectivity index (χ3v) is 5.61. The van der Waals surface area contributed by atoms with E-state index in [1.807, 2.05) is 0 Å². The zero-order chi connectivity index (χ0) is 17.1. The summed E-state index contributed by atoms with van der Waals surface area (Å²) in [6, 6.07) is 2.68. The number of benzene rings is 1. The maximum absolute atomic E-state index is 12.4. The van der Waals surface area contributed by atoms with Gasteiger partial charge in [-0.2, -0.15) is 0 Å². The van der Waals surface area contributed by atoms with Gasteiger partial charge in [-0.15, -0.1) is 0 Å². The first-order valence-electron chi connectivity index (χ1n) is 6.28. The molecule has 0 saturated carbocycles. The number of rotatable bonds is 7. The highest BCUT2D eigenvalue weighted by molar-refractivity contribution is 7.89. The Morgan fingerprint density at radius 3 is 2.41 bits per heavy atom. The number of halogens is 2. The molecule has 6 nitrogen and oxygen atoms in total. The van der Waals surface area contributed by atoms with Gasteiger partial charge in [0.15, 0.2) is 0 Å². The molecule has 0 atom stereocenters. The summed E-state index contributed by atoms with van der Waals surface area (Å²) in [7, 11) is -2.57. The smallest absolute Gasteiger partial charge is 0.303 e. The summed E-state index contributed by atoms with van der Waals surface area (Å²) >= 11 is 11.9. The predicted molar refractivity (Wildman–Crippen MR) is 84.3 cm³/mol. The van der Waals surface area contributed by atoms with Gasteiger partial charge in [0.1, 0.15) is 15.7 Å². The van der Waals surface area contributed by atoms with Crippen molar-refractivity contribution in [3.8, 4) is 5.75 Å². The van der Waals surface area contributed by atoms with Crippen molar-refractivity contribution < 1.29 is 23.1 Å². The lowest BCUT2D eigenvalue weighted by Crippen LogP contribution is -2.43. The molecule has 1 aromatic carbocycles. The van der Waals surface area contributed by atoms with Crippen LogP contribution < -0.4 is 9.46 Å². The van der Waals surface area contributed by atoms with Crippen LogP contribution in [0, 0.1) is 0 Å². The molecular formula is C13H17Cl2NO5S. The summed E-state index contributed by atoms with van der Waals surface area (Å²) in [5, 5.41) is 8.55. The van der Waals surface area contributed by atoms with E-state index in [1.165, 1.54) is 19.2 Å². The topological polar surface area (TPSA) is 92.7 Å². The van der Waals surface area contributed by atoms with E-state index >= 15 is 0 Å². The number of carboxylic acid groups (broad SMARTS) is 1. The van der Waals surface area contributed by atoms with E-state index in [2.05, 4.69) is 4.72 Å². The number of hydrogen-bond donors (Lipinski definition) is 2. The van der Waals surface area contributed by atoms with Crippen LogP contribution in [0.4, 0.5) is 0 Å². The van der Waals surface area contributed by atoms with Gasteiger partial charge in [-0.1, -0.05) is 23.2 Å². The summed E-state index contributed by atoms with van der Waals surface area (Å²) in [5.41, 5.74) is -0.951. The Morgan fingerprint density at radius 2 is 1.91 bits per heavy atom. The van der Waals surface area contributed by atoms with Gasteiger partial charge in [-0.3, -0.25) is 4.79 Å². The zero-order valence-corrected chi connectivity index (χ0v) is 14.6. The fourth-order valence-corrected chi connectivity index (χ4v) is 4.05. The van der Waals surface area contributed by atoms with E-state index < -0.39 is 21.5 Å². The van der Waals surface area contributed by atoms with Crippen molar-refractivity contribution in [2.75, 3.05) is 7.11 Å². The van der Waals surface area contributed by atoms with Crippen molar-refractivity contribution in [2.45, 2.75) is 37.1 Å². The minimum atomic E-state index is -3.96. The molecule has 0 aliphatic heterocycles. The second kappa shape index (κ2) is 7.04. The molecular weight excluding hydrogens is 353 g/mol. The van der Waals surface area contributed by atoms with E-state index in [4.69, 9.17) is 33.0 Å². The molecule has 0 unspecified atom stereocenters. The van der Waals surface area contributed by atoms with Gasteiger partial charge >= 0.3 is 5.97 Å². The van der Waals surface area contributed by atoms with Gasteiger partial charge in [-0.25, -0.2) is 13.1 Å². The van der Waals surface area contributed by atoms with Crippen molar-refractivity contribution in [3.63, 3.8) is 0 Å². The molecule has 2 N–H and O–H groups in total. The minimum absolute atomic E-state index is 0.00427. The third-order valence-electron chi connectivity index (χ3n) is 2.90. The van der Waals surface area contributed by atoms with Crippen molar-refractivity contribution in [2.24, 2.45) is 0 Å². The van der Waals surface area contributed by atoms with Crippen LogP contribution in [-0.2, 0) is 14.8 Å². The number of sulfonamides is 1. The van der Waals surface area contributed by atoms with Crippen LogP contribution in [-0.4, -0.2) is 32.1 Å². The molecule has 0 heterocycles. The van der Waals surface area contributed by atoms with Crippen LogP contribution in [0.3, 0.4) is 0 Å². The molecule has 0 aliphatic rings. The normalized spacial score (nSPS) is 12.2. The Balaban J connectivity index is 3.10. The standard InChI is InChI=1S/C13H17Cl2NO5S/c1-13(2,7-6-10(17)18)16-22(19,20)9-5-4-8(21-3)11(14)12(9)15/h4-5,16H,6-7H2,1-3H3,(H,17,18). The fourth-order valence-electron chi connectivity index (χ4n) is 1.77. The van der Waals surface area contributed by atoms with Crippen LogP contribution >= 0.6 is 23.2 Å². The zero-order valence-electron chi connectivity index (χ0n) is 12.3. The first-order chi connectivity index (χ1) is 10.00. The lowest BCUT2D eigenvalue weighted by molar-refractivity contribution is -0.137. The number of aliphatic carboxylic acids is 1. The highest BCUT2D eigenvalue weighted by Gasteiger charge is 2.29. The van der Waals surface area contributed by atoms with Crippen LogP contribution in [0.15, 0.2) is 17.0 Å². The van der Waals surface area contributed by atoms with E-state index in [0.717, 1.165) is 0 Å². The van der Waals surface area contributed by atoms with Crippen LogP contribution in [0.5, 0.6) is 5.75 Å². The number of ether oxygens (including phenoxy) is 1. The summed E-state index contributed by atoms with van der Waals surface area (Å²) in [6.07, 6.45) is -0.0321. The average Bonchev–Trinajstić information content (AvgIpc) is 2.38. The SMILES string of the molecule is COc1ccc(S(=O)(=O)NC(C)(C)CCC(=O)O)c(Cl)c1Cl. The molecule has 9 heteroatoms. The molecule has 0 amide bonds. The number of methoxy groups -OCH3 is 1. The van der Waals surface area contributed by atoms with Gasteiger partial charge in [0.2, 0.25) is 10.0 Å². The quantitative estimate of drug-likeness (QED) is 0.770. The number of hydrogen-bond acceptors (Lipinski definition) is 4. The predicted octanol–water partition coefficient (Wildman–Crippen LogP) is 2.92. The molecule has 0 bridgehead atoms. The average molecular weight is 370 g/mol. The monoisotopic (exact) mass is 369 g/mol. The van der Waals surface area contributed by atoms with E-state index in [1.54, 1.807) is 13.8 Å². The third kappa shape index (κ3) is 4.74. The number of carboxylic acids is 1. The van der Waals surface area contributed by atoms with Crippen molar-refractivity contribution in [1.29, 1.82) is 0 Å². The number of nitrogens with one attached hydrogen (secondary N) is 1. The molecule has 0 saturated heterocycles. The van der Waals surface area contributed by atoms with Gasteiger partial charge in [0.25, 0.3) is 0 Å². The summed E-state index contributed by atoms with van der Waals surface area (Å²) < 4.78 is 32.2. The Bertz CT molecular complexity index is 673. The number of carbonyl (C=O) groups is 1. The van der Waals surface area contributed by atoms with E-state index in [0.29, 0.717) is 0 Å². The van der Waals surface area contributed by atoms with E-state index in [-0.39, 0.29) is 33.5 Å². The molecule has 0 radical (unpaired) electrons. The molecule has 124 valence electrons. The first kappa shape index (κ1) is 19.0. The van der Waals surface area contributed by atoms with Gasteiger partial charge in [0, 0.05) is 12.0 Å². The van der Waals surface area contributed by atoms with Crippen molar-refractivity contribution in [3.05, 3.63) is 22.2 Å². The first-order valence-corrected chi connectivity index (χ1v) is 8.52. The largest absolute Gasteiger partial charge is 0.495 e. The van der Waals surface area contributed by atoms with Gasteiger partial charge < -0.3 is 9.84 Å². The second-order valence-electron chi connectivity index (χ2n) is 5.28. The molecule has 0 spiro atoms. The van der Waals surface area contributed by atoms with Crippen molar-refractivity contribution in [1.82, 2.24) is 4.72 Å². The lowest BCUT2D eigenvalue weighted by Gasteiger charge is -2.25. The Kier molecular flexibility index (Phi) is 6.09. The van der Waals surface area contributed by atoms with Crippen molar-refractivity contribution >= 4 is 39.2 Å². The second-order valence-corrected chi connectivity index (χ2v) is 7.68. The van der Waals surface area contributed by atoms with E-state index in [9.17, 15) is 13.2 Å². The maximum Gasteiger partial charge on any atom is 0.303 e. The van der Waals surface area contributed by atoms with Crippen LogP contribution in [0.1, 0.15) is 26.7 Å². The molecule has 1 rings (SSSR count). The highest BCUT2D eigenvalue weighted by atomic mass is 35.5. The molecule has 22 heavy (non-hydrogen) atoms. The summed E-state index contributed by atoms with van der Waals surface area (Å²) in [5.74, 6) is -0.742. The molecule has 0 aromatic heterocycles. The molecule has 0 aliphatic carbocycles. The Labute approximate surface area is 139 Å². The van der Waals surface area contributed by atoms with Crippen LogP contribution in [0.2, 0.25) is 10.0 Å². The summed E-state index contributed by atoms with van der Waals surface area (Å²) in [6.45, 7) is 3.18. The molecule has 0 fully saturated rings. The fraction of sp³-hybridized carbons (Fsp3) is 0.462. The lowest BCUT2D eigenvalue weighted by atomic mass is 10.0. The highest BCUT2D eigenvalue weighted by Crippen LogP contribution is 2.36. The Morgan fingerprint density at radius 1 is 1.32 bits per heavy atom. The minimum Gasteiger partial charge on any atom is -0.495 e. The van der Waals surface area contributed by atoms with Crippen LogP contribution in [0.25, 0.3) is 0 Å². The van der Waals surface area contributed by atoms with Gasteiger partial charge in [-0.05, 0) is 32.4 Å². The molecule has 1 aromatic rings. The Hall–Kier alpha value is -1.02. The van der Waals surface area contributed by atoms with Gasteiger partial charge in [0.05, 0.1) is 12.1 Å².